The van der Waals surface area contributed by atoms with Crippen molar-refractivity contribution in [3.63, 3.8) is 0 Å². The van der Waals surface area contributed by atoms with E-state index in [1.165, 1.54) is 25.7 Å². The third-order valence-electron chi connectivity index (χ3n) is 8.83. The van der Waals surface area contributed by atoms with E-state index in [4.69, 9.17) is 0 Å². The summed E-state index contributed by atoms with van der Waals surface area (Å²) in [5.74, 6) is 0.668. The molecule has 0 spiro atoms. The number of carbonyl (C=O) groups is 2. The fourth-order valence-electron chi connectivity index (χ4n) is 6.73. The highest BCUT2D eigenvalue weighted by Crippen LogP contribution is 2.39. The molecule has 1 aromatic carbocycles. The molecule has 188 valence electrons. The Hall–Kier alpha value is -2.63. The van der Waals surface area contributed by atoms with Crippen molar-refractivity contribution in [2.45, 2.75) is 96.7 Å². The van der Waals surface area contributed by atoms with Crippen LogP contribution >= 0.6 is 0 Å². The number of carboxylic acid groups (broad SMARTS) is 1. The summed E-state index contributed by atoms with van der Waals surface area (Å²) in [6.45, 7) is 7.04. The summed E-state index contributed by atoms with van der Waals surface area (Å²) >= 11 is 0. The summed E-state index contributed by atoms with van der Waals surface area (Å²) in [7, 11) is 0. The van der Waals surface area contributed by atoms with E-state index in [1.54, 1.807) is 0 Å². The predicted octanol–water partition coefficient (Wildman–Crippen LogP) is 6.11. The lowest BCUT2D eigenvalue weighted by Crippen LogP contribution is -2.55. The highest BCUT2D eigenvalue weighted by molar-refractivity contribution is 5.99. The number of piperidine rings is 2. The van der Waals surface area contributed by atoms with Gasteiger partial charge in [-0.3, -0.25) is 9.59 Å². The smallest absolute Gasteiger partial charge is 0.306 e. The van der Waals surface area contributed by atoms with E-state index in [0.29, 0.717) is 29.9 Å². The Bertz CT molecular complexity index is 1090. The first-order chi connectivity index (χ1) is 16.7. The molecule has 2 unspecified atom stereocenters. The van der Waals surface area contributed by atoms with Crippen LogP contribution in [0.5, 0.6) is 0 Å². The molecule has 2 saturated heterocycles. The van der Waals surface area contributed by atoms with Crippen molar-refractivity contribution in [3.8, 4) is 0 Å². The maximum Gasteiger partial charge on any atom is 0.306 e. The van der Waals surface area contributed by atoms with Gasteiger partial charge in [0.1, 0.15) is 5.82 Å². The zero-order valence-electron chi connectivity index (χ0n) is 21.3. The third kappa shape index (κ3) is 5.03. The molecule has 1 saturated carbocycles. The number of hydrogen-bond acceptors (Lipinski definition) is 4. The average molecular weight is 478 g/mol. The number of amides is 1. The minimum absolute atomic E-state index is 0.0308. The summed E-state index contributed by atoms with van der Waals surface area (Å²) in [5, 5.41) is 15.2. The lowest BCUT2D eigenvalue weighted by atomic mass is 9.71. The van der Waals surface area contributed by atoms with E-state index in [1.807, 2.05) is 29.3 Å². The Morgan fingerprint density at radius 2 is 1.66 bits per heavy atom. The molecule has 2 atom stereocenters. The van der Waals surface area contributed by atoms with Crippen molar-refractivity contribution in [2.24, 2.45) is 17.3 Å². The van der Waals surface area contributed by atoms with Gasteiger partial charge in [0, 0.05) is 35.3 Å². The van der Waals surface area contributed by atoms with Gasteiger partial charge in [0.05, 0.1) is 5.92 Å². The quantitative estimate of drug-likeness (QED) is 0.555. The highest BCUT2D eigenvalue weighted by atomic mass is 16.4. The van der Waals surface area contributed by atoms with Gasteiger partial charge < -0.3 is 15.3 Å². The number of hydrogen-bond donors (Lipinski definition) is 2. The summed E-state index contributed by atoms with van der Waals surface area (Å²) in [6.07, 6.45) is 10.7. The number of nitrogens with zero attached hydrogens (tertiary/aromatic N) is 2. The Balaban J connectivity index is 1.27. The number of nitrogens with one attached hydrogen (secondary N) is 1. The Morgan fingerprint density at radius 3 is 2.29 bits per heavy atom. The number of carboxylic acids is 1. The Kier molecular flexibility index (Phi) is 6.49. The first-order valence-electron chi connectivity index (χ1n) is 13.4. The number of rotatable bonds is 4. The minimum Gasteiger partial charge on any atom is -0.481 e. The standard InChI is InChI=1S/C29H39N3O3/c1-29(2,3)22-9-11-23(12-10-22)31-26-16-18-7-8-19(13-21(18)17-30-26)27(33)32-24-5-4-6-25(32)15-20(14-24)28(34)35/h7-8,13,16-17,20,22-25H,4-6,9-12,14-15H2,1-3H3,(H,30,31)(H,34,35). The van der Waals surface area contributed by atoms with Gasteiger partial charge in [-0.2, -0.15) is 0 Å². The van der Waals surface area contributed by atoms with Crippen LogP contribution in [-0.2, 0) is 4.79 Å². The molecular formula is C29H39N3O3. The lowest BCUT2D eigenvalue weighted by molar-refractivity contribution is -0.145. The Morgan fingerprint density at radius 1 is 0.971 bits per heavy atom. The molecule has 6 nitrogen and oxygen atoms in total. The molecule has 1 aromatic heterocycles. The number of benzene rings is 1. The van der Waals surface area contributed by atoms with E-state index in [9.17, 15) is 14.7 Å². The maximum absolute atomic E-state index is 13.5. The molecule has 3 heterocycles. The molecular weight excluding hydrogens is 438 g/mol. The summed E-state index contributed by atoms with van der Waals surface area (Å²) < 4.78 is 0. The fraction of sp³-hybridized carbons (Fsp3) is 0.621. The van der Waals surface area contributed by atoms with E-state index < -0.39 is 5.97 Å². The van der Waals surface area contributed by atoms with E-state index in [0.717, 1.165) is 41.8 Å². The molecule has 2 aliphatic heterocycles. The van der Waals surface area contributed by atoms with Crippen molar-refractivity contribution in [1.29, 1.82) is 0 Å². The van der Waals surface area contributed by atoms with Crippen molar-refractivity contribution in [1.82, 2.24) is 9.88 Å². The van der Waals surface area contributed by atoms with Gasteiger partial charge in [-0.25, -0.2) is 4.98 Å². The largest absolute Gasteiger partial charge is 0.481 e. The van der Waals surface area contributed by atoms with Crippen molar-refractivity contribution < 1.29 is 14.7 Å². The van der Waals surface area contributed by atoms with Gasteiger partial charge in [-0.05, 0) is 92.7 Å². The molecule has 3 aliphatic rings. The number of aliphatic carboxylic acids is 1. The number of fused-ring (bicyclic) bond motifs is 3. The number of anilines is 1. The second-order valence-electron chi connectivity index (χ2n) is 12.1. The molecule has 2 N–H and O–H groups in total. The van der Waals surface area contributed by atoms with Crippen LogP contribution in [0.3, 0.4) is 0 Å². The van der Waals surface area contributed by atoms with Crippen LogP contribution in [0.1, 0.15) is 88.9 Å². The van der Waals surface area contributed by atoms with Gasteiger partial charge in [-0.1, -0.05) is 26.8 Å². The second kappa shape index (κ2) is 9.44. The molecule has 2 aromatic rings. The van der Waals surface area contributed by atoms with Crippen LogP contribution in [0.4, 0.5) is 5.82 Å². The molecule has 6 heteroatoms. The molecule has 5 rings (SSSR count). The van der Waals surface area contributed by atoms with Crippen LogP contribution in [0, 0.1) is 17.3 Å². The zero-order valence-corrected chi connectivity index (χ0v) is 21.3. The molecule has 1 amide bonds. The van der Waals surface area contributed by atoms with Crippen LogP contribution < -0.4 is 5.32 Å². The van der Waals surface area contributed by atoms with Crippen molar-refractivity contribution in [2.75, 3.05) is 5.32 Å². The fourth-order valence-corrected chi connectivity index (χ4v) is 6.73. The highest BCUT2D eigenvalue weighted by Gasteiger charge is 2.43. The van der Waals surface area contributed by atoms with Gasteiger partial charge in [0.15, 0.2) is 0 Å². The SMILES string of the molecule is CC(C)(C)C1CCC(Nc2cc3ccc(C(=O)N4C5CCCC4CC(C(=O)O)C5)cc3cn2)CC1. The van der Waals surface area contributed by atoms with Gasteiger partial charge in [-0.15, -0.1) is 0 Å². The van der Waals surface area contributed by atoms with Gasteiger partial charge in [0.25, 0.3) is 5.91 Å². The number of pyridine rings is 1. The topological polar surface area (TPSA) is 82.5 Å². The molecule has 2 bridgehead atoms. The van der Waals surface area contributed by atoms with Crippen LogP contribution in [0.2, 0.25) is 0 Å². The molecule has 3 fully saturated rings. The number of aromatic nitrogens is 1. The minimum atomic E-state index is -0.725. The summed E-state index contributed by atoms with van der Waals surface area (Å²) in [4.78, 5) is 31.7. The first-order valence-corrected chi connectivity index (χ1v) is 13.4. The average Bonchev–Trinajstić information content (AvgIpc) is 2.82. The Labute approximate surface area is 208 Å². The van der Waals surface area contributed by atoms with Crippen LogP contribution in [0.25, 0.3) is 10.8 Å². The molecule has 1 aliphatic carbocycles. The van der Waals surface area contributed by atoms with E-state index >= 15 is 0 Å². The monoisotopic (exact) mass is 477 g/mol. The maximum atomic E-state index is 13.5. The normalized spacial score (nSPS) is 29.1. The zero-order chi connectivity index (χ0) is 24.7. The second-order valence-corrected chi connectivity index (χ2v) is 12.1. The summed E-state index contributed by atoms with van der Waals surface area (Å²) in [6, 6.07) is 8.50. The van der Waals surface area contributed by atoms with Gasteiger partial charge in [0.2, 0.25) is 0 Å². The van der Waals surface area contributed by atoms with E-state index in [2.05, 4.69) is 37.1 Å². The van der Waals surface area contributed by atoms with Crippen molar-refractivity contribution >= 4 is 28.5 Å². The predicted molar refractivity (Wildman–Crippen MR) is 139 cm³/mol. The van der Waals surface area contributed by atoms with Crippen LogP contribution in [0.15, 0.2) is 30.5 Å². The van der Waals surface area contributed by atoms with E-state index in [-0.39, 0.29) is 23.9 Å². The summed E-state index contributed by atoms with van der Waals surface area (Å²) in [5.41, 5.74) is 1.05. The first kappa shape index (κ1) is 24.1. The van der Waals surface area contributed by atoms with Crippen molar-refractivity contribution in [3.05, 3.63) is 36.0 Å². The van der Waals surface area contributed by atoms with Crippen LogP contribution in [-0.4, -0.2) is 45.0 Å². The lowest BCUT2D eigenvalue weighted by Gasteiger charge is -2.48. The number of carbonyl (C=O) groups excluding carboxylic acids is 1. The molecule has 0 radical (unpaired) electrons. The third-order valence-corrected chi connectivity index (χ3v) is 8.83. The van der Waals surface area contributed by atoms with Gasteiger partial charge >= 0.3 is 5.97 Å². The molecule has 35 heavy (non-hydrogen) atoms.